The Balaban J connectivity index is 2.36. The van der Waals surface area contributed by atoms with Crippen molar-refractivity contribution in [3.8, 4) is 5.75 Å². The molecule has 1 heterocycles. The van der Waals surface area contributed by atoms with Gasteiger partial charge in [0.25, 0.3) is 0 Å². The van der Waals surface area contributed by atoms with Crippen molar-refractivity contribution in [1.29, 1.82) is 0 Å². The fraction of sp³-hybridized carbons (Fsp3) is 0.217. The Labute approximate surface area is 161 Å². The summed E-state index contributed by atoms with van der Waals surface area (Å²) in [5.74, 6) is 0.802. The van der Waals surface area contributed by atoms with Gasteiger partial charge in [0, 0.05) is 23.6 Å². The van der Waals surface area contributed by atoms with Crippen molar-refractivity contribution >= 4 is 17.9 Å². The van der Waals surface area contributed by atoms with Crippen LogP contribution < -0.4 is 15.5 Å². The predicted molar refractivity (Wildman–Crippen MR) is 114 cm³/mol. The summed E-state index contributed by atoms with van der Waals surface area (Å²) in [4.78, 5) is 5.88. The van der Waals surface area contributed by atoms with E-state index in [1.54, 1.807) is 7.11 Å². The summed E-state index contributed by atoms with van der Waals surface area (Å²) < 4.78 is 12.5. The minimum atomic E-state index is -2.40. The molecular formula is C23H26NO2P. The topological polar surface area (TPSA) is 31.4 Å². The van der Waals surface area contributed by atoms with Gasteiger partial charge in [0.1, 0.15) is 11.2 Å². The molecule has 1 aromatic heterocycles. The first-order valence-electron chi connectivity index (χ1n) is 9.30. The van der Waals surface area contributed by atoms with Crippen molar-refractivity contribution in [2.75, 3.05) is 13.7 Å². The van der Waals surface area contributed by atoms with Crippen molar-refractivity contribution < 1.29 is 9.26 Å². The first-order valence-corrected chi connectivity index (χ1v) is 11.0. The molecule has 0 spiro atoms. The summed E-state index contributed by atoms with van der Waals surface area (Å²) in [6.45, 7) is 2.84. The van der Waals surface area contributed by atoms with E-state index >= 15 is 0 Å². The van der Waals surface area contributed by atoms with E-state index in [2.05, 4.69) is 31.2 Å². The minimum absolute atomic E-state index is 0.677. The number of nitrogens with zero attached hydrogens (tertiary/aromatic N) is 1. The molecule has 140 valence electrons. The molecule has 0 saturated heterocycles. The number of ether oxygens (including phenoxy) is 1. The Morgan fingerprint density at radius 1 is 0.852 bits per heavy atom. The van der Waals surface area contributed by atoms with Gasteiger partial charge in [-0.1, -0.05) is 80.1 Å². The highest BCUT2D eigenvalue weighted by molar-refractivity contribution is 7.78. The van der Waals surface area contributed by atoms with Crippen molar-refractivity contribution in [2.24, 2.45) is 0 Å². The van der Waals surface area contributed by atoms with E-state index in [0.717, 1.165) is 34.3 Å². The zero-order chi connectivity index (χ0) is 19.0. The zero-order valence-corrected chi connectivity index (χ0v) is 16.8. The van der Waals surface area contributed by atoms with Gasteiger partial charge in [-0.15, -0.1) is 0 Å². The maximum absolute atomic E-state index is 6.35. The first kappa shape index (κ1) is 19.4. The summed E-state index contributed by atoms with van der Waals surface area (Å²) in [6.07, 6.45) is 3.92. The second-order valence-electron chi connectivity index (χ2n) is 6.18. The summed E-state index contributed by atoms with van der Waals surface area (Å²) >= 11 is 0. The van der Waals surface area contributed by atoms with Crippen LogP contribution in [0.3, 0.4) is 0 Å². The van der Waals surface area contributed by atoms with Crippen LogP contribution in [0, 0.1) is 4.94 Å². The Kier molecular flexibility index (Phi) is 6.86. The van der Waals surface area contributed by atoms with Gasteiger partial charge in [0.2, 0.25) is 0 Å². The molecule has 1 atom stereocenters. The molecule has 3 rings (SSSR count). The lowest BCUT2D eigenvalue weighted by Gasteiger charge is -2.26. The number of rotatable bonds is 7. The molecular weight excluding hydrogens is 353 g/mol. The third-order valence-electron chi connectivity index (χ3n) is 4.43. The van der Waals surface area contributed by atoms with E-state index in [0.29, 0.717) is 6.61 Å². The molecule has 0 amide bonds. The number of pyridine rings is 1. The molecule has 0 fully saturated rings. The Morgan fingerprint density at radius 3 is 2.19 bits per heavy atom. The highest BCUT2D eigenvalue weighted by atomic mass is 31.2. The fourth-order valence-electron chi connectivity index (χ4n) is 3.09. The zero-order valence-electron chi connectivity index (χ0n) is 15.9. The van der Waals surface area contributed by atoms with E-state index in [1.165, 1.54) is 0 Å². The molecule has 0 N–H and O–H groups in total. The lowest BCUT2D eigenvalue weighted by Crippen LogP contribution is -2.23. The Hall–Kier alpha value is -2.35. The number of benzene rings is 1. The van der Waals surface area contributed by atoms with Crippen molar-refractivity contribution in [3.05, 3.63) is 90.0 Å². The van der Waals surface area contributed by atoms with Gasteiger partial charge in [0.15, 0.2) is 0 Å². The number of aromatic nitrogens is 1. The molecule has 1 unspecified atom stereocenters. The number of unbranched alkanes of at least 4 members (excludes halogenated alkanes) is 1. The highest BCUT2D eigenvalue weighted by Crippen LogP contribution is 2.50. The summed E-state index contributed by atoms with van der Waals surface area (Å²) in [5.41, 5.74) is 0.876. The van der Waals surface area contributed by atoms with Gasteiger partial charge in [-0.25, -0.2) is 4.98 Å². The van der Waals surface area contributed by atoms with Crippen LogP contribution in [0.25, 0.3) is 0 Å². The van der Waals surface area contributed by atoms with E-state index < -0.39 is 7.11 Å². The van der Waals surface area contributed by atoms with E-state index in [-0.39, 0.29) is 0 Å². The third-order valence-corrected chi connectivity index (χ3v) is 7.96. The first-order chi connectivity index (χ1) is 13.3. The molecule has 0 aliphatic carbocycles. The van der Waals surface area contributed by atoms with Gasteiger partial charge in [-0.3, -0.25) is 0 Å². The lowest BCUT2D eigenvalue weighted by atomic mass is 10.3. The van der Waals surface area contributed by atoms with Gasteiger partial charge in [-0.2, -0.15) is 0 Å². The summed E-state index contributed by atoms with van der Waals surface area (Å²) in [7, 11) is -0.628. The van der Waals surface area contributed by atoms with E-state index in [9.17, 15) is 0 Å². The second kappa shape index (κ2) is 9.55. The van der Waals surface area contributed by atoms with Gasteiger partial charge >= 0.3 is 0 Å². The standard InChI is InChI=1S/C23H26NO2P/c1-3-4-19-26-22-17-12-18-24-23(22)27(25-2,21-15-10-7-11-16-21)20-13-8-5-6-9-14-20/h5-18H,3-4,19H2,1-2H3. The molecule has 0 radical (unpaired) electrons. The fourth-order valence-corrected chi connectivity index (χ4v) is 6.33. The van der Waals surface area contributed by atoms with Crippen LogP contribution in [0.5, 0.6) is 5.75 Å². The van der Waals surface area contributed by atoms with Gasteiger partial charge in [-0.05, 0) is 18.6 Å². The van der Waals surface area contributed by atoms with Crippen LogP contribution in [0.4, 0.5) is 0 Å². The number of hydrogen-bond acceptors (Lipinski definition) is 3. The van der Waals surface area contributed by atoms with Crippen LogP contribution in [0.15, 0.2) is 85.1 Å². The van der Waals surface area contributed by atoms with Crippen LogP contribution in [0.1, 0.15) is 19.8 Å². The van der Waals surface area contributed by atoms with Crippen molar-refractivity contribution in [3.63, 3.8) is 0 Å². The maximum atomic E-state index is 6.35. The predicted octanol–water partition coefficient (Wildman–Crippen LogP) is 5.02. The normalized spacial score (nSPS) is 13.0. The Bertz CT molecular complexity index is 935. The average molecular weight is 379 g/mol. The molecule has 3 aromatic rings. The monoisotopic (exact) mass is 379 g/mol. The minimum Gasteiger partial charge on any atom is -0.491 e. The van der Waals surface area contributed by atoms with E-state index in [1.807, 2.05) is 60.8 Å². The quantitative estimate of drug-likeness (QED) is 0.427. The molecule has 4 heteroatoms. The molecule has 0 bridgehead atoms. The molecule has 0 aliphatic heterocycles. The smallest absolute Gasteiger partial charge is 0.147 e. The molecule has 27 heavy (non-hydrogen) atoms. The highest BCUT2D eigenvalue weighted by Gasteiger charge is 2.28. The Morgan fingerprint density at radius 2 is 1.52 bits per heavy atom. The molecule has 3 nitrogen and oxygen atoms in total. The van der Waals surface area contributed by atoms with Gasteiger partial charge < -0.3 is 9.26 Å². The van der Waals surface area contributed by atoms with Crippen molar-refractivity contribution in [1.82, 2.24) is 4.98 Å². The lowest BCUT2D eigenvalue weighted by molar-refractivity contribution is 0.310. The van der Waals surface area contributed by atoms with Crippen molar-refractivity contribution in [2.45, 2.75) is 19.8 Å². The van der Waals surface area contributed by atoms with Gasteiger partial charge in [0.05, 0.1) is 13.7 Å². The SMILES string of the molecule is CCCCOc1cccnc1P(OC)(c1ccccc1)=c1cccccc1. The third kappa shape index (κ3) is 4.16. The summed E-state index contributed by atoms with van der Waals surface area (Å²) in [6, 6.07) is 26.7. The molecule has 0 aliphatic rings. The maximum Gasteiger partial charge on any atom is 0.147 e. The number of hydrogen-bond donors (Lipinski definition) is 0. The van der Waals surface area contributed by atoms with Crippen LogP contribution in [-0.4, -0.2) is 18.7 Å². The van der Waals surface area contributed by atoms with Crippen LogP contribution in [0.2, 0.25) is 0 Å². The average Bonchev–Trinajstić information content (AvgIpc) is 3.01. The van der Waals surface area contributed by atoms with Crippen LogP contribution in [-0.2, 0) is 4.52 Å². The molecule has 0 saturated carbocycles. The second-order valence-corrected chi connectivity index (χ2v) is 9.22. The van der Waals surface area contributed by atoms with Crippen LogP contribution >= 0.6 is 7.11 Å². The molecule has 2 aromatic carbocycles. The summed E-state index contributed by atoms with van der Waals surface area (Å²) in [5, 5.41) is 1.12. The van der Waals surface area contributed by atoms with E-state index in [4.69, 9.17) is 14.2 Å². The largest absolute Gasteiger partial charge is 0.491 e.